The molecule has 0 aromatic heterocycles. The van der Waals surface area contributed by atoms with Crippen LogP contribution in [0.1, 0.15) is 64.7 Å². The van der Waals surface area contributed by atoms with Crippen LogP contribution in [0.2, 0.25) is 0 Å². The summed E-state index contributed by atoms with van der Waals surface area (Å²) in [5.74, 6) is 0.222. The molecule has 1 atom stereocenters. The second-order valence-electron chi connectivity index (χ2n) is 6.73. The summed E-state index contributed by atoms with van der Waals surface area (Å²) in [4.78, 5) is 14.5. The first-order chi connectivity index (χ1) is 10.3. The van der Waals surface area contributed by atoms with Gasteiger partial charge in [-0.2, -0.15) is 0 Å². The number of hydrogen-bond donors (Lipinski definition) is 2. The van der Waals surface area contributed by atoms with Crippen LogP contribution in [-0.2, 0) is 4.79 Å². The lowest BCUT2D eigenvalue weighted by molar-refractivity contribution is -0.123. The van der Waals surface area contributed by atoms with Crippen LogP contribution in [-0.4, -0.2) is 49.1 Å². The minimum Gasteiger partial charge on any atom is -0.352 e. The van der Waals surface area contributed by atoms with Crippen LogP contribution in [0.5, 0.6) is 0 Å². The minimum atomic E-state index is 0.222. The Kier molecular flexibility index (Phi) is 7.51. The molecule has 0 bridgehead atoms. The van der Waals surface area contributed by atoms with Gasteiger partial charge in [0.2, 0.25) is 5.91 Å². The molecule has 1 aliphatic carbocycles. The smallest absolute Gasteiger partial charge is 0.234 e. The third kappa shape index (κ3) is 6.35. The van der Waals surface area contributed by atoms with Crippen molar-refractivity contribution in [3.63, 3.8) is 0 Å². The molecule has 2 aliphatic rings. The van der Waals surface area contributed by atoms with Gasteiger partial charge in [-0.25, -0.2) is 0 Å². The topological polar surface area (TPSA) is 44.4 Å². The van der Waals surface area contributed by atoms with Crippen molar-refractivity contribution in [1.82, 2.24) is 15.5 Å². The highest BCUT2D eigenvalue weighted by molar-refractivity contribution is 5.78. The van der Waals surface area contributed by atoms with Gasteiger partial charge in [-0.1, -0.05) is 39.0 Å². The van der Waals surface area contributed by atoms with Crippen molar-refractivity contribution < 1.29 is 4.79 Å². The Balaban J connectivity index is 1.70. The van der Waals surface area contributed by atoms with Crippen molar-refractivity contribution in [1.29, 1.82) is 0 Å². The minimum absolute atomic E-state index is 0.222. The van der Waals surface area contributed by atoms with E-state index in [1.54, 1.807) is 0 Å². The van der Waals surface area contributed by atoms with E-state index in [9.17, 15) is 4.79 Å². The number of carbonyl (C=O) groups excluding carboxylic acids is 1. The van der Waals surface area contributed by atoms with Crippen molar-refractivity contribution >= 4 is 5.91 Å². The van der Waals surface area contributed by atoms with Crippen LogP contribution < -0.4 is 10.6 Å². The molecular formula is C17H33N3O. The third-order valence-corrected chi connectivity index (χ3v) is 4.93. The van der Waals surface area contributed by atoms with Gasteiger partial charge in [0.25, 0.3) is 0 Å². The number of piperidine rings is 1. The quantitative estimate of drug-likeness (QED) is 0.739. The Morgan fingerprint density at radius 3 is 2.43 bits per heavy atom. The number of nitrogens with one attached hydrogen (secondary N) is 2. The van der Waals surface area contributed by atoms with Gasteiger partial charge in [0.05, 0.1) is 6.54 Å². The molecular weight excluding hydrogens is 262 g/mol. The zero-order chi connectivity index (χ0) is 14.9. The molecule has 2 fully saturated rings. The molecule has 0 spiro atoms. The van der Waals surface area contributed by atoms with Crippen LogP contribution in [0.15, 0.2) is 0 Å². The van der Waals surface area contributed by atoms with Gasteiger partial charge in [0.15, 0.2) is 0 Å². The molecule has 1 amide bonds. The van der Waals surface area contributed by atoms with E-state index in [2.05, 4.69) is 22.5 Å². The molecule has 4 nitrogen and oxygen atoms in total. The fourth-order valence-corrected chi connectivity index (χ4v) is 3.60. The van der Waals surface area contributed by atoms with Crippen LogP contribution in [0.3, 0.4) is 0 Å². The SMILES string of the molecule is CCN(CC(=O)NC1CCCCCC1)CC1CCCCN1. The number of hydrogen-bond acceptors (Lipinski definition) is 3. The standard InChI is InChI=1S/C17H33N3O/c1-2-20(13-16-11-7-8-12-18-16)14-17(21)19-15-9-5-3-4-6-10-15/h15-16,18H,2-14H2,1H3,(H,19,21). The van der Waals surface area contributed by atoms with E-state index in [1.807, 2.05) is 0 Å². The molecule has 1 saturated heterocycles. The summed E-state index contributed by atoms with van der Waals surface area (Å²) in [5, 5.41) is 6.83. The highest BCUT2D eigenvalue weighted by Crippen LogP contribution is 2.17. The molecule has 2 rings (SSSR count). The highest BCUT2D eigenvalue weighted by atomic mass is 16.2. The van der Waals surface area contributed by atoms with Crippen LogP contribution in [0.4, 0.5) is 0 Å². The monoisotopic (exact) mass is 295 g/mol. The number of likely N-dealkylation sites (N-methyl/N-ethyl adjacent to an activating group) is 1. The summed E-state index contributed by atoms with van der Waals surface area (Å²) in [7, 11) is 0. The van der Waals surface area contributed by atoms with Gasteiger partial charge in [0.1, 0.15) is 0 Å². The van der Waals surface area contributed by atoms with E-state index in [0.29, 0.717) is 18.6 Å². The number of rotatable bonds is 6. The first-order valence-electron chi connectivity index (χ1n) is 9.03. The lowest BCUT2D eigenvalue weighted by Gasteiger charge is -2.30. The summed E-state index contributed by atoms with van der Waals surface area (Å²) in [6, 6.07) is 0.996. The maximum absolute atomic E-state index is 12.3. The Bertz CT molecular complexity index is 294. The molecule has 4 heteroatoms. The normalized spacial score (nSPS) is 24.8. The first kappa shape index (κ1) is 16.8. The maximum atomic E-state index is 12.3. The van der Waals surface area contributed by atoms with Gasteiger partial charge >= 0.3 is 0 Å². The molecule has 1 heterocycles. The predicted octanol–water partition coefficient (Wildman–Crippen LogP) is 2.29. The zero-order valence-electron chi connectivity index (χ0n) is 13.7. The van der Waals surface area contributed by atoms with Crippen LogP contribution >= 0.6 is 0 Å². The summed E-state index contributed by atoms with van der Waals surface area (Å²) >= 11 is 0. The maximum Gasteiger partial charge on any atom is 0.234 e. The molecule has 1 saturated carbocycles. The lowest BCUT2D eigenvalue weighted by Crippen LogP contribution is -2.47. The Hall–Kier alpha value is -0.610. The fourth-order valence-electron chi connectivity index (χ4n) is 3.60. The molecule has 0 aromatic rings. The molecule has 1 aliphatic heterocycles. The van der Waals surface area contributed by atoms with E-state index < -0.39 is 0 Å². The van der Waals surface area contributed by atoms with E-state index in [0.717, 1.165) is 19.6 Å². The summed E-state index contributed by atoms with van der Waals surface area (Å²) in [5.41, 5.74) is 0. The molecule has 0 aromatic carbocycles. The molecule has 0 radical (unpaired) electrons. The predicted molar refractivity (Wildman–Crippen MR) is 87.4 cm³/mol. The second-order valence-corrected chi connectivity index (χ2v) is 6.73. The highest BCUT2D eigenvalue weighted by Gasteiger charge is 2.19. The summed E-state index contributed by atoms with van der Waals surface area (Å²) < 4.78 is 0. The molecule has 122 valence electrons. The number of carbonyl (C=O) groups is 1. The number of nitrogens with zero attached hydrogens (tertiary/aromatic N) is 1. The number of amides is 1. The largest absolute Gasteiger partial charge is 0.352 e. The Morgan fingerprint density at radius 2 is 1.81 bits per heavy atom. The zero-order valence-corrected chi connectivity index (χ0v) is 13.7. The Labute approximate surface area is 130 Å². The van der Waals surface area contributed by atoms with Gasteiger partial charge in [0, 0.05) is 18.6 Å². The second kappa shape index (κ2) is 9.42. The van der Waals surface area contributed by atoms with Crippen molar-refractivity contribution in [2.75, 3.05) is 26.2 Å². The Morgan fingerprint density at radius 1 is 1.10 bits per heavy atom. The average Bonchev–Trinajstić information content (AvgIpc) is 2.76. The van der Waals surface area contributed by atoms with E-state index in [1.165, 1.54) is 57.8 Å². The van der Waals surface area contributed by atoms with Gasteiger partial charge in [-0.15, -0.1) is 0 Å². The van der Waals surface area contributed by atoms with Crippen molar-refractivity contribution in [3.05, 3.63) is 0 Å². The summed E-state index contributed by atoms with van der Waals surface area (Å²) in [6.45, 7) is 5.81. The molecule has 2 N–H and O–H groups in total. The van der Waals surface area contributed by atoms with E-state index in [4.69, 9.17) is 0 Å². The van der Waals surface area contributed by atoms with Crippen molar-refractivity contribution in [2.24, 2.45) is 0 Å². The van der Waals surface area contributed by atoms with Gasteiger partial charge in [-0.3, -0.25) is 9.69 Å². The first-order valence-corrected chi connectivity index (χ1v) is 9.03. The fraction of sp³-hybridized carbons (Fsp3) is 0.941. The van der Waals surface area contributed by atoms with Crippen LogP contribution in [0, 0.1) is 0 Å². The summed E-state index contributed by atoms with van der Waals surface area (Å²) in [6.07, 6.45) is 11.4. The van der Waals surface area contributed by atoms with E-state index >= 15 is 0 Å². The van der Waals surface area contributed by atoms with E-state index in [-0.39, 0.29) is 5.91 Å². The van der Waals surface area contributed by atoms with Gasteiger partial charge in [-0.05, 0) is 38.8 Å². The average molecular weight is 295 g/mol. The van der Waals surface area contributed by atoms with Crippen molar-refractivity contribution in [3.8, 4) is 0 Å². The third-order valence-electron chi connectivity index (χ3n) is 4.93. The van der Waals surface area contributed by atoms with Crippen LogP contribution in [0.25, 0.3) is 0 Å². The molecule has 21 heavy (non-hydrogen) atoms. The van der Waals surface area contributed by atoms with Gasteiger partial charge < -0.3 is 10.6 Å². The lowest BCUT2D eigenvalue weighted by atomic mass is 10.0. The molecule has 1 unspecified atom stereocenters. The van der Waals surface area contributed by atoms with Crippen molar-refractivity contribution in [2.45, 2.75) is 76.8 Å².